The molecule has 0 spiro atoms. The van der Waals surface area contributed by atoms with Crippen LogP contribution in [0.2, 0.25) is 5.15 Å². The van der Waals surface area contributed by atoms with Crippen LogP contribution in [0.3, 0.4) is 0 Å². The molecule has 0 aliphatic heterocycles. The quantitative estimate of drug-likeness (QED) is 0.589. The second kappa shape index (κ2) is 7.35. The number of fused-ring (bicyclic) bond motifs is 1. The minimum atomic E-state index is 0.480. The summed E-state index contributed by atoms with van der Waals surface area (Å²) < 4.78 is 2.03. The largest absolute Gasteiger partial charge is 0.295 e. The van der Waals surface area contributed by atoms with Gasteiger partial charge in [-0.1, -0.05) is 49.2 Å². The van der Waals surface area contributed by atoms with Crippen molar-refractivity contribution in [1.82, 2.24) is 14.4 Å². The molecule has 1 fully saturated rings. The first-order chi connectivity index (χ1) is 11.7. The Morgan fingerprint density at radius 2 is 2.21 bits per heavy atom. The maximum Gasteiger partial charge on any atom is 0.154 e. The molecular formula is C20H24ClN3. The Hall–Kier alpha value is -1.87. The highest BCUT2D eigenvalue weighted by Crippen LogP contribution is 2.45. The van der Waals surface area contributed by atoms with E-state index >= 15 is 0 Å². The first kappa shape index (κ1) is 17.0. The van der Waals surface area contributed by atoms with Crippen LogP contribution in [-0.4, -0.2) is 14.4 Å². The summed E-state index contributed by atoms with van der Waals surface area (Å²) in [7, 11) is 0. The number of halogens is 1. The van der Waals surface area contributed by atoms with E-state index in [1.807, 2.05) is 16.7 Å². The van der Waals surface area contributed by atoms with Crippen molar-refractivity contribution >= 4 is 22.7 Å². The van der Waals surface area contributed by atoms with Gasteiger partial charge in [0.2, 0.25) is 0 Å². The van der Waals surface area contributed by atoms with Crippen LogP contribution in [0, 0.1) is 5.92 Å². The Balaban J connectivity index is 2.13. The first-order valence-corrected chi connectivity index (χ1v) is 9.05. The van der Waals surface area contributed by atoms with Crippen molar-refractivity contribution in [2.45, 2.75) is 46.0 Å². The van der Waals surface area contributed by atoms with Crippen LogP contribution in [0.15, 0.2) is 48.5 Å². The Labute approximate surface area is 148 Å². The highest BCUT2D eigenvalue weighted by atomic mass is 35.5. The van der Waals surface area contributed by atoms with Gasteiger partial charge in [-0.15, -0.1) is 0 Å². The van der Waals surface area contributed by atoms with Gasteiger partial charge in [0, 0.05) is 18.0 Å². The average molecular weight is 342 g/mol. The fourth-order valence-electron chi connectivity index (χ4n) is 3.24. The molecule has 2 aromatic rings. The topological polar surface area (TPSA) is 30.2 Å². The van der Waals surface area contributed by atoms with Crippen LogP contribution in [0.25, 0.3) is 11.1 Å². The molecule has 1 saturated carbocycles. The average Bonchev–Trinajstić information content (AvgIpc) is 3.31. The van der Waals surface area contributed by atoms with E-state index in [9.17, 15) is 0 Å². The standard InChI is InChI=1S/C20H24ClN3/c1-4-6-8-14(3)18(15-9-10-15)16(7-5-2)20-23-13-17-19(21)22-11-12-24(17)20/h5,7,11-13,15H,2,4,6,8-10H2,1,3H3/b16-7+,18-14-. The molecule has 4 heteroatoms. The third-order valence-electron chi connectivity index (χ3n) is 4.58. The Morgan fingerprint density at radius 3 is 2.88 bits per heavy atom. The number of nitrogens with zero attached hydrogens (tertiary/aromatic N) is 3. The summed E-state index contributed by atoms with van der Waals surface area (Å²) in [6.45, 7) is 8.42. The van der Waals surface area contributed by atoms with Gasteiger partial charge >= 0.3 is 0 Å². The van der Waals surface area contributed by atoms with E-state index < -0.39 is 0 Å². The summed E-state index contributed by atoms with van der Waals surface area (Å²) in [4.78, 5) is 8.80. The van der Waals surface area contributed by atoms with Gasteiger partial charge in [0.15, 0.2) is 5.15 Å². The van der Waals surface area contributed by atoms with Gasteiger partial charge in [0.05, 0.1) is 6.20 Å². The van der Waals surface area contributed by atoms with E-state index in [1.54, 1.807) is 12.4 Å². The zero-order valence-electron chi connectivity index (χ0n) is 14.4. The lowest BCUT2D eigenvalue weighted by Gasteiger charge is -2.15. The van der Waals surface area contributed by atoms with Gasteiger partial charge in [-0.05, 0) is 44.1 Å². The number of imidazole rings is 1. The highest BCUT2D eigenvalue weighted by Gasteiger charge is 2.31. The molecule has 3 rings (SSSR count). The van der Waals surface area contributed by atoms with Crippen molar-refractivity contribution in [1.29, 1.82) is 0 Å². The van der Waals surface area contributed by atoms with E-state index in [-0.39, 0.29) is 0 Å². The monoisotopic (exact) mass is 341 g/mol. The number of hydrogen-bond donors (Lipinski definition) is 0. The van der Waals surface area contributed by atoms with Crippen molar-refractivity contribution in [3.63, 3.8) is 0 Å². The van der Waals surface area contributed by atoms with Crippen molar-refractivity contribution in [3.8, 4) is 0 Å². The fraction of sp³-hybridized carbons (Fsp3) is 0.400. The summed E-state index contributed by atoms with van der Waals surface area (Å²) in [5.41, 5.74) is 4.93. The molecule has 0 atom stereocenters. The maximum absolute atomic E-state index is 6.21. The molecule has 24 heavy (non-hydrogen) atoms. The normalized spacial score (nSPS) is 16.4. The number of hydrogen-bond acceptors (Lipinski definition) is 2. The summed E-state index contributed by atoms with van der Waals surface area (Å²) in [5, 5.41) is 0.480. The van der Waals surface area contributed by atoms with Crippen LogP contribution >= 0.6 is 11.6 Å². The molecule has 0 unspecified atom stereocenters. The van der Waals surface area contributed by atoms with E-state index in [0.717, 1.165) is 17.8 Å². The molecule has 0 bridgehead atoms. The van der Waals surface area contributed by atoms with Gasteiger partial charge in [0.25, 0.3) is 0 Å². The molecule has 1 aliphatic rings. The molecule has 2 heterocycles. The number of aromatic nitrogens is 3. The second-order valence-corrected chi connectivity index (χ2v) is 6.80. The molecule has 0 N–H and O–H groups in total. The van der Waals surface area contributed by atoms with Crippen molar-refractivity contribution in [2.75, 3.05) is 0 Å². The number of rotatable bonds is 7. The Kier molecular flexibility index (Phi) is 5.20. The number of allylic oxidation sites excluding steroid dienone is 5. The van der Waals surface area contributed by atoms with Crippen LogP contribution in [0.4, 0.5) is 0 Å². The summed E-state index contributed by atoms with van der Waals surface area (Å²) in [6, 6.07) is 0. The van der Waals surface area contributed by atoms with E-state index in [4.69, 9.17) is 11.6 Å². The van der Waals surface area contributed by atoms with Gasteiger partial charge in [-0.25, -0.2) is 9.97 Å². The van der Waals surface area contributed by atoms with Gasteiger partial charge in [-0.3, -0.25) is 4.40 Å². The summed E-state index contributed by atoms with van der Waals surface area (Å²) in [5.74, 6) is 1.57. The van der Waals surface area contributed by atoms with Gasteiger partial charge in [0.1, 0.15) is 11.3 Å². The molecule has 126 valence electrons. The van der Waals surface area contributed by atoms with Crippen LogP contribution in [-0.2, 0) is 0 Å². The fourth-order valence-corrected chi connectivity index (χ4v) is 3.44. The van der Waals surface area contributed by atoms with E-state index in [2.05, 4.69) is 36.5 Å². The van der Waals surface area contributed by atoms with Crippen molar-refractivity contribution in [2.24, 2.45) is 5.92 Å². The molecule has 3 nitrogen and oxygen atoms in total. The Morgan fingerprint density at radius 1 is 1.42 bits per heavy atom. The summed E-state index contributed by atoms with van der Waals surface area (Å²) in [6.07, 6.45) is 15.5. The van der Waals surface area contributed by atoms with Gasteiger partial charge in [-0.2, -0.15) is 0 Å². The predicted molar refractivity (Wildman–Crippen MR) is 101 cm³/mol. The third-order valence-corrected chi connectivity index (χ3v) is 4.87. The van der Waals surface area contributed by atoms with Crippen LogP contribution in [0.1, 0.15) is 51.8 Å². The highest BCUT2D eigenvalue weighted by molar-refractivity contribution is 6.32. The minimum Gasteiger partial charge on any atom is -0.295 e. The summed E-state index contributed by atoms with van der Waals surface area (Å²) >= 11 is 6.21. The molecule has 0 saturated heterocycles. The van der Waals surface area contributed by atoms with Crippen molar-refractivity contribution in [3.05, 3.63) is 59.4 Å². The van der Waals surface area contributed by atoms with Gasteiger partial charge < -0.3 is 0 Å². The lowest BCUT2D eigenvalue weighted by atomic mass is 9.92. The lowest BCUT2D eigenvalue weighted by molar-refractivity contribution is 0.775. The SMILES string of the molecule is C=C/C=C(\C(=C(\C)CCCC)C1CC1)c1ncc2c(Cl)nccn12. The molecular weight excluding hydrogens is 318 g/mol. The van der Waals surface area contributed by atoms with E-state index in [0.29, 0.717) is 11.1 Å². The maximum atomic E-state index is 6.21. The molecule has 0 aromatic carbocycles. The molecule has 0 amide bonds. The van der Waals surface area contributed by atoms with E-state index in [1.165, 1.54) is 42.4 Å². The molecule has 0 radical (unpaired) electrons. The van der Waals surface area contributed by atoms with Crippen LogP contribution in [0.5, 0.6) is 0 Å². The predicted octanol–water partition coefficient (Wildman–Crippen LogP) is 5.87. The second-order valence-electron chi connectivity index (χ2n) is 6.44. The molecule has 1 aliphatic carbocycles. The zero-order valence-corrected chi connectivity index (χ0v) is 15.2. The van der Waals surface area contributed by atoms with Crippen LogP contribution < -0.4 is 0 Å². The van der Waals surface area contributed by atoms with Crippen molar-refractivity contribution < 1.29 is 0 Å². The molecule has 2 aromatic heterocycles. The smallest absolute Gasteiger partial charge is 0.154 e. The minimum absolute atomic E-state index is 0.480. The Bertz CT molecular complexity index is 809. The number of unbranched alkanes of at least 4 members (excludes halogenated alkanes) is 1. The first-order valence-electron chi connectivity index (χ1n) is 8.68. The third kappa shape index (κ3) is 3.32. The zero-order chi connectivity index (χ0) is 17.1. The lowest BCUT2D eigenvalue weighted by Crippen LogP contribution is -2.02.